The standard InChI is InChI=1S/C22H30N2O3S/c1-22(2,3)14-9-10-16-17(11-14)28-20-19(16)21(26)24(13-23-20)12-18(25)27-15-7-5-4-6-8-15/h13-15H,4-12H2,1-3H3/t14-/m1/s1. The van der Waals surface area contributed by atoms with Crippen LogP contribution in [0, 0.1) is 11.3 Å². The Morgan fingerprint density at radius 3 is 2.71 bits per heavy atom. The van der Waals surface area contributed by atoms with Gasteiger partial charge in [0.1, 0.15) is 17.5 Å². The number of fused-ring (bicyclic) bond motifs is 3. The number of rotatable bonds is 3. The Morgan fingerprint density at radius 2 is 2.00 bits per heavy atom. The van der Waals surface area contributed by atoms with Gasteiger partial charge >= 0.3 is 5.97 Å². The highest BCUT2D eigenvalue weighted by Crippen LogP contribution is 2.41. The molecule has 2 heterocycles. The molecule has 0 unspecified atom stereocenters. The minimum absolute atomic E-state index is 0.0110. The third-order valence-corrected chi connectivity index (χ3v) is 7.57. The molecule has 2 aromatic rings. The van der Waals surface area contributed by atoms with Crippen molar-refractivity contribution in [3.8, 4) is 0 Å². The second kappa shape index (κ2) is 7.62. The molecule has 2 aromatic heterocycles. The van der Waals surface area contributed by atoms with Crippen LogP contribution in [0.25, 0.3) is 10.2 Å². The number of ether oxygens (including phenoxy) is 1. The Labute approximate surface area is 170 Å². The van der Waals surface area contributed by atoms with Crippen molar-refractivity contribution in [1.29, 1.82) is 0 Å². The molecule has 6 heteroatoms. The van der Waals surface area contributed by atoms with Crippen LogP contribution in [0.3, 0.4) is 0 Å². The van der Waals surface area contributed by atoms with Gasteiger partial charge in [0.2, 0.25) is 0 Å². The quantitative estimate of drug-likeness (QED) is 0.710. The fourth-order valence-corrected chi connectivity index (χ4v) is 5.86. The van der Waals surface area contributed by atoms with Gasteiger partial charge in [-0.15, -0.1) is 11.3 Å². The van der Waals surface area contributed by atoms with Gasteiger partial charge in [-0.25, -0.2) is 4.98 Å². The first-order chi connectivity index (χ1) is 13.3. The van der Waals surface area contributed by atoms with Crippen molar-refractivity contribution < 1.29 is 9.53 Å². The lowest BCUT2D eigenvalue weighted by molar-refractivity contribution is -0.151. The molecular formula is C22H30N2O3S. The second-order valence-corrected chi connectivity index (χ2v) is 10.5. The van der Waals surface area contributed by atoms with Gasteiger partial charge in [0.25, 0.3) is 5.56 Å². The average Bonchev–Trinajstić information content (AvgIpc) is 3.02. The Hall–Kier alpha value is -1.69. The van der Waals surface area contributed by atoms with Crippen molar-refractivity contribution in [2.24, 2.45) is 11.3 Å². The number of hydrogen-bond acceptors (Lipinski definition) is 5. The Balaban J connectivity index is 1.56. The monoisotopic (exact) mass is 402 g/mol. The minimum Gasteiger partial charge on any atom is -0.461 e. The van der Waals surface area contributed by atoms with Gasteiger partial charge in [-0.05, 0) is 61.8 Å². The van der Waals surface area contributed by atoms with E-state index in [1.165, 1.54) is 22.2 Å². The summed E-state index contributed by atoms with van der Waals surface area (Å²) in [7, 11) is 0. The molecule has 2 aliphatic carbocycles. The van der Waals surface area contributed by atoms with E-state index in [-0.39, 0.29) is 29.6 Å². The van der Waals surface area contributed by atoms with E-state index in [4.69, 9.17) is 4.74 Å². The highest BCUT2D eigenvalue weighted by atomic mass is 32.1. The summed E-state index contributed by atoms with van der Waals surface area (Å²) in [5, 5.41) is 0.723. The SMILES string of the molecule is CC(C)(C)[C@@H]1CCc2c(sc3ncn(CC(=O)OC4CCCCC4)c(=O)c23)C1. The van der Waals surface area contributed by atoms with Crippen molar-refractivity contribution in [1.82, 2.24) is 9.55 Å². The van der Waals surface area contributed by atoms with Crippen LogP contribution in [0.2, 0.25) is 0 Å². The van der Waals surface area contributed by atoms with Crippen molar-refractivity contribution in [2.45, 2.75) is 84.8 Å². The van der Waals surface area contributed by atoms with E-state index >= 15 is 0 Å². The van der Waals surface area contributed by atoms with Crippen molar-refractivity contribution in [2.75, 3.05) is 0 Å². The van der Waals surface area contributed by atoms with Gasteiger partial charge in [0.05, 0.1) is 11.7 Å². The van der Waals surface area contributed by atoms with Gasteiger partial charge in [-0.3, -0.25) is 14.2 Å². The maximum atomic E-state index is 13.1. The fourth-order valence-electron chi connectivity index (χ4n) is 4.60. The van der Waals surface area contributed by atoms with E-state index in [1.807, 2.05) is 0 Å². The zero-order valence-corrected chi connectivity index (χ0v) is 17.9. The lowest BCUT2D eigenvalue weighted by atomic mass is 9.72. The second-order valence-electron chi connectivity index (χ2n) is 9.42. The van der Waals surface area contributed by atoms with Crippen LogP contribution in [-0.2, 0) is 28.9 Å². The number of hydrogen-bond donors (Lipinski definition) is 0. The number of aryl methyl sites for hydroxylation is 1. The highest BCUT2D eigenvalue weighted by molar-refractivity contribution is 7.18. The molecule has 2 aliphatic rings. The lowest BCUT2D eigenvalue weighted by Crippen LogP contribution is -2.29. The molecule has 0 spiro atoms. The van der Waals surface area contributed by atoms with Crippen molar-refractivity contribution >= 4 is 27.5 Å². The molecule has 1 fully saturated rings. The Bertz CT molecular complexity index is 932. The van der Waals surface area contributed by atoms with Crippen LogP contribution < -0.4 is 5.56 Å². The van der Waals surface area contributed by atoms with E-state index in [2.05, 4.69) is 25.8 Å². The zero-order chi connectivity index (χ0) is 19.9. The Morgan fingerprint density at radius 1 is 1.25 bits per heavy atom. The maximum Gasteiger partial charge on any atom is 0.326 e. The van der Waals surface area contributed by atoms with E-state index in [9.17, 15) is 9.59 Å². The molecule has 0 radical (unpaired) electrons. The number of carbonyl (C=O) groups excluding carboxylic acids is 1. The van der Waals surface area contributed by atoms with Crippen molar-refractivity contribution in [3.63, 3.8) is 0 Å². The first-order valence-electron chi connectivity index (χ1n) is 10.5. The van der Waals surface area contributed by atoms with Crippen LogP contribution >= 0.6 is 11.3 Å². The van der Waals surface area contributed by atoms with Gasteiger partial charge in [-0.2, -0.15) is 0 Å². The molecule has 0 aromatic carbocycles. The number of nitrogens with zero attached hydrogens (tertiary/aromatic N) is 2. The van der Waals surface area contributed by atoms with E-state index in [1.54, 1.807) is 11.3 Å². The lowest BCUT2D eigenvalue weighted by Gasteiger charge is -2.33. The normalized spacial score (nSPS) is 20.9. The van der Waals surface area contributed by atoms with Crippen LogP contribution in [0.5, 0.6) is 0 Å². The molecule has 28 heavy (non-hydrogen) atoms. The molecule has 0 saturated heterocycles. The molecule has 0 aliphatic heterocycles. The first kappa shape index (κ1) is 19.6. The predicted octanol–water partition coefficient (Wildman–Crippen LogP) is 4.48. The summed E-state index contributed by atoms with van der Waals surface area (Å²) in [6.45, 7) is 6.82. The third-order valence-electron chi connectivity index (χ3n) is 6.41. The summed E-state index contributed by atoms with van der Waals surface area (Å²) >= 11 is 1.65. The molecule has 0 amide bonds. The molecule has 4 rings (SSSR count). The summed E-state index contributed by atoms with van der Waals surface area (Å²) < 4.78 is 7.01. The van der Waals surface area contributed by atoms with Crippen LogP contribution in [0.1, 0.15) is 69.7 Å². The molecule has 0 bridgehead atoms. The topological polar surface area (TPSA) is 61.2 Å². The molecular weight excluding hydrogens is 372 g/mol. The molecule has 0 N–H and O–H groups in total. The van der Waals surface area contributed by atoms with E-state index < -0.39 is 0 Å². The Kier molecular flexibility index (Phi) is 5.34. The molecule has 152 valence electrons. The molecule has 1 saturated carbocycles. The third kappa shape index (κ3) is 3.88. The number of carbonyl (C=O) groups is 1. The summed E-state index contributed by atoms with van der Waals surface area (Å²) in [5.41, 5.74) is 1.33. The summed E-state index contributed by atoms with van der Waals surface area (Å²) in [4.78, 5) is 32.0. The summed E-state index contributed by atoms with van der Waals surface area (Å²) in [6.07, 6.45) is 9.87. The summed E-state index contributed by atoms with van der Waals surface area (Å²) in [5.74, 6) is 0.299. The van der Waals surface area contributed by atoms with Crippen LogP contribution in [-0.4, -0.2) is 21.6 Å². The molecule has 1 atom stereocenters. The van der Waals surface area contributed by atoms with Crippen LogP contribution in [0.15, 0.2) is 11.1 Å². The highest BCUT2D eigenvalue weighted by Gasteiger charge is 2.31. The number of thiophene rings is 1. The number of esters is 1. The van der Waals surface area contributed by atoms with Gasteiger partial charge in [0, 0.05) is 4.88 Å². The minimum atomic E-state index is -0.327. The van der Waals surface area contributed by atoms with E-state index in [0.29, 0.717) is 5.92 Å². The van der Waals surface area contributed by atoms with Gasteiger partial charge in [0.15, 0.2) is 0 Å². The van der Waals surface area contributed by atoms with E-state index in [0.717, 1.165) is 60.7 Å². The van der Waals surface area contributed by atoms with Gasteiger partial charge in [-0.1, -0.05) is 27.2 Å². The summed E-state index contributed by atoms with van der Waals surface area (Å²) in [6, 6.07) is 0. The fraction of sp³-hybridized carbons (Fsp3) is 0.682. The van der Waals surface area contributed by atoms with Crippen LogP contribution in [0.4, 0.5) is 0 Å². The largest absolute Gasteiger partial charge is 0.461 e. The smallest absolute Gasteiger partial charge is 0.326 e. The average molecular weight is 403 g/mol. The van der Waals surface area contributed by atoms with Crippen molar-refractivity contribution in [3.05, 3.63) is 27.1 Å². The maximum absolute atomic E-state index is 13.1. The first-order valence-corrected chi connectivity index (χ1v) is 11.3. The zero-order valence-electron chi connectivity index (χ0n) is 17.1. The predicted molar refractivity (Wildman–Crippen MR) is 112 cm³/mol. The molecule has 5 nitrogen and oxygen atoms in total. The van der Waals surface area contributed by atoms with Gasteiger partial charge < -0.3 is 4.74 Å². The number of aromatic nitrogens is 2.